The Bertz CT molecular complexity index is 671. The number of rotatable bonds is 12. The number of carbonyl (C=O) groups is 2. The number of carbonyl (C=O) groups excluding carboxylic acids is 2. The second-order valence-electron chi connectivity index (χ2n) is 7.61. The molecule has 0 fully saturated rings. The number of aliphatic hydroxyl groups excluding tert-OH is 2. The molecule has 0 radical (unpaired) electrons. The minimum absolute atomic E-state index is 0.299. The number of allylic oxidation sites excluding steroid dienone is 5. The second kappa shape index (κ2) is 13.1. The summed E-state index contributed by atoms with van der Waals surface area (Å²) in [4.78, 5) is 22.3. The summed E-state index contributed by atoms with van der Waals surface area (Å²) in [7, 11) is 1.27. The Hall–Kier alpha value is -2.18. The van der Waals surface area contributed by atoms with Crippen LogP contribution in [0.2, 0.25) is 0 Å². The first kappa shape index (κ1) is 24.9. The van der Waals surface area contributed by atoms with Crippen LogP contribution < -0.4 is 0 Å². The van der Waals surface area contributed by atoms with E-state index in [1.54, 1.807) is 0 Å². The smallest absolute Gasteiger partial charge is 0.335 e. The summed E-state index contributed by atoms with van der Waals surface area (Å²) in [6, 6.07) is 0. The van der Waals surface area contributed by atoms with Crippen molar-refractivity contribution in [2.24, 2.45) is 5.92 Å². The molecule has 0 unspecified atom stereocenters. The van der Waals surface area contributed by atoms with Crippen LogP contribution in [0, 0.1) is 5.92 Å². The van der Waals surface area contributed by atoms with E-state index in [0.29, 0.717) is 24.3 Å². The van der Waals surface area contributed by atoms with Crippen LogP contribution >= 0.6 is 0 Å². The van der Waals surface area contributed by atoms with Crippen molar-refractivity contribution >= 4 is 11.9 Å². The van der Waals surface area contributed by atoms with Crippen molar-refractivity contribution < 1.29 is 29.3 Å². The Balaban J connectivity index is 2.28. The maximum absolute atomic E-state index is 11.2. The molecule has 2 N–H and O–H groups in total. The summed E-state index contributed by atoms with van der Waals surface area (Å²) in [5, 5.41) is 19.2. The van der Waals surface area contributed by atoms with Crippen molar-refractivity contribution in [2.45, 2.75) is 71.7 Å². The molecule has 0 saturated carbocycles. The molecule has 1 rings (SSSR count). The molecule has 0 aromatic carbocycles. The van der Waals surface area contributed by atoms with Crippen LogP contribution in [0.4, 0.5) is 0 Å². The van der Waals surface area contributed by atoms with Crippen LogP contribution in [0.3, 0.4) is 0 Å². The van der Waals surface area contributed by atoms with Gasteiger partial charge in [0.2, 0.25) is 6.29 Å². The van der Waals surface area contributed by atoms with Gasteiger partial charge < -0.3 is 19.7 Å². The molecule has 0 spiro atoms. The Morgan fingerprint density at radius 2 is 2.07 bits per heavy atom. The van der Waals surface area contributed by atoms with Crippen molar-refractivity contribution in [1.82, 2.24) is 0 Å². The van der Waals surface area contributed by atoms with Gasteiger partial charge in [0.25, 0.3) is 0 Å². The van der Waals surface area contributed by atoms with E-state index >= 15 is 0 Å². The number of cyclic esters (lactones) is 1. The Kier molecular flexibility index (Phi) is 11.2. The first-order valence-corrected chi connectivity index (χ1v) is 10.1. The van der Waals surface area contributed by atoms with Gasteiger partial charge in [-0.2, -0.15) is 0 Å². The molecular weight excluding hydrogens is 372 g/mol. The first-order valence-electron chi connectivity index (χ1n) is 10.1. The lowest BCUT2D eigenvalue weighted by Crippen LogP contribution is -2.21. The van der Waals surface area contributed by atoms with E-state index in [1.165, 1.54) is 18.8 Å². The lowest BCUT2D eigenvalue weighted by Gasteiger charge is -2.09. The van der Waals surface area contributed by atoms with Gasteiger partial charge in [-0.25, -0.2) is 9.59 Å². The van der Waals surface area contributed by atoms with Gasteiger partial charge in [-0.15, -0.1) is 0 Å². The third-order valence-electron chi connectivity index (χ3n) is 4.81. The topological polar surface area (TPSA) is 93.1 Å². The summed E-state index contributed by atoms with van der Waals surface area (Å²) in [5.41, 5.74) is 2.86. The number of hydrogen-bond donors (Lipinski definition) is 2. The summed E-state index contributed by atoms with van der Waals surface area (Å²) >= 11 is 0. The van der Waals surface area contributed by atoms with Crippen molar-refractivity contribution in [3.63, 3.8) is 0 Å². The zero-order chi connectivity index (χ0) is 21.8. The molecule has 162 valence electrons. The molecule has 0 bridgehead atoms. The summed E-state index contributed by atoms with van der Waals surface area (Å²) in [6.45, 7) is 6.12. The molecule has 0 aromatic rings. The van der Waals surface area contributed by atoms with E-state index < -0.39 is 24.3 Å². The van der Waals surface area contributed by atoms with Crippen LogP contribution in [0.25, 0.3) is 0 Å². The predicted molar refractivity (Wildman–Crippen MR) is 112 cm³/mol. The molecule has 0 amide bonds. The maximum atomic E-state index is 11.2. The lowest BCUT2D eigenvalue weighted by molar-refractivity contribution is -0.151. The molecule has 0 aromatic heterocycles. The SMILES string of the molecule is COC(=O)[C@H](O)CC(C)=CCC[C@H](C)/C=C/C=C(\C)CCCC1=CC(=O)O[C@H]1O. The minimum atomic E-state index is -1.09. The third kappa shape index (κ3) is 10.2. The predicted octanol–water partition coefficient (Wildman–Crippen LogP) is 3.75. The number of methoxy groups -OCH3 is 1. The van der Waals surface area contributed by atoms with E-state index in [1.807, 2.05) is 6.92 Å². The van der Waals surface area contributed by atoms with E-state index in [-0.39, 0.29) is 0 Å². The normalized spacial score (nSPS) is 19.9. The molecule has 29 heavy (non-hydrogen) atoms. The number of ether oxygens (including phenoxy) is 2. The molecular formula is C23H34O6. The highest BCUT2D eigenvalue weighted by molar-refractivity contribution is 5.85. The van der Waals surface area contributed by atoms with Gasteiger partial charge in [0.15, 0.2) is 6.10 Å². The van der Waals surface area contributed by atoms with Gasteiger partial charge >= 0.3 is 11.9 Å². The van der Waals surface area contributed by atoms with Crippen molar-refractivity contribution in [3.05, 3.63) is 47.1 Å². The Morgan fingerprint density at radius 1 is 1.34 bits per heavy atom. The highest BCUT2D eigenvalue weighted by Gasteiger charge is 2.22. The summed E-state index contributed by atoms with van der Waals surface area (Å²) in [6.07, 6.45) is 12.1. The van der Waals surface area contributed by atoms with Crippen LogP contribution in [-0.4, -0.2) is 41.7 Å². The lowest BCUT2D eigenvalue weighted by atomic mass is 10.0. The molecule has 1 aliphatic rings. The monoisotopic (exact) mass is 406 g/mol. The molecule has 1 aliphatic heterocycles. The van der Waals surface area contributed by atoms with Gasteiger partial charge in [-0.3, -0.25) is 0 Å². The van der Waals surface area contributed by atoms with Crippen LogP contribution in [0.1, 0.15) is 59.3 Å². The molecule has 6 nitrogen and oxygen atoms in total. The van der Waals surface area contributed by atoms with Crippen LogP contribution in [-0.2, 0) is 19.1 Å². The van der Waals surface area contributed by atoms with Gasteiger partial charge in [0, 0.05) is 18.1 Å². The van der Waals surface area contributed by atoms with Gasteiger partial charge in [-0.1, -0.05) is 42.4 Å². The number of esters is 2. The van der Waals surface area contributed by atoms with Gasteiger partial charge in [0.1, 0.15) is 0 Å². The molecule has 6 heteroatoms. The number of hydrogen-bond acceptors (Lipinski definition) is 6. The fourth-order valence-corrected chi connectivity index (χ4v) is 3.00. The summed E-state index contributed by atoms with van der Waals surface area (Å²) < 4.78 is 9.18. The van der Waals surface area contributed by atoms with Crippen LogP contribution in [0.5, 0.6) is 0 Å². The average Bonchev–Trinajstić information content (AvgIpc) is 2.98. The molecule has 3 atom stereocenters. The quantitative estimate of drug-likeness (QED) is 0.291. The van der Waals surface area contributed by atoms with Gasteiger partial charge in [-0.05, 0) is 51.9 Å². The summed E-state index contributed by atoms with van der Waals surface area (Å²) in [5.74, 6) is -0.661. The standard InChI is InChI=1S/C23H34O6/c1-16(10-6-12-18(3)14-20(24)23(27)28-4)8-5-9-17(2)11-7-13-19-15-21(25)29-22(19)26/h5,8-9,12,15-16,20,22,24,26H,6-7,10-11,13-14H2,1-4H3/b8-5+,17-9+,18-12?/t16-,20-,22-/m1/s1. The highest BCUT2D eigenvalue weighted by atomic mass is 16.6. The van der Waals surface area contributed by atoms with Crippen molar-refractivity contribution in [2.75, 3.05) is 7.11 Å². The fraction of sp³-hybridized carbons (Fsp3) is 0.565. The Morgan fingerprint density at radius 3 is 2.69 bits per heavy atom. The third-order valence-corrected chi connectivity index (χ3v) is 4.81. The fourth-order valence-electron chi connectivity index (χ4n) is 3.00. The molecule has 1 heterocycles. The highest BCUT2D eigenvalue weighted by Crippen LogP contribution is 2.20. The largest absolute Gasteiger partial charge is 0.467 e. The van der Waals surface area contributed by atoms with Crippen molar-refractivity contribution in [3.8, 4) is 0 Å². The van der Waals surface area contributed by atoms with Crippen molar-refractivity contribution in [1.29, 1.82) is 0 Å². The van der Waals surface area contributed by atoms with E-state index in [2.05, 4.69) is 47.6 Å². The first-order chi connectivity index (χ1) is 13.7. The molecule has 0 saturated heterocycles. The minimum Gasteiger partial charge on any atom is -0.467 e. The average molecular weight is 407 g/mol. The van der Waals surface area contributed by atoms with E-state index in [0.717, 1.165) is 31.3 Å². The maximum Gasteiger partial charge on any atom is 0.335 e. The number of aliphatic hydroxyl groups is 2. The van der Waals surface area contributed by atoms with E-state index in [4.69, 9.17) is 0 Å². The Labute approximate surface area is 173 Å². The zero-order valence-corrected chi connectivity index (χ0v) is 17.9. The van der Waals surface area contributed by atoms with Gasteiger partial charge in [0.05, 0.1) is 7.11 Å². The second-order valence-corrected chi connectivity index (χ2v) is 7.61. The van der Waals surface area contributed by atoms with E-state index in [9.17, 15) is 19.8 Å². The van der Waals surface area contributed by atoms with Crippen LogP contribution in [0.15, 0.2) is 47.1 Å². The molecule has 0 aliphatic carbocycles. The zero-order valence-electron chi connectivity index (χ0n) is 17.9.